The lowest BCUT2D eigenvalue weighted by Crippen LogP contribution is -2.44. The molecule has 29 heavy (non-hydrogen) atoms. The zero-order chi connectivity index (χ0) is 19.8. The molecule has 0 aliphatic heterocycles. The van der Waals surface area contributed by atoms with Crippen LogP contribution in [0.4, 0.5) is 5.69 Å². The number of amides is 1. The summed E-state index contributed by atoms with van der Waals surface area (Å²) >= 11 is 0. The Labute approximate surface area is 190 Å². The fourth-order valence-electron chi connectivity index (χ4n) is 3.38. The Morgan fingerprint density at radius 2 is 1.86 bits per heavy atom. The van der Waals surface area contributed by atoms with E-state index in [0.29, 0.717) is 18.3 Å². The summed E-state index contributed by atoms with van der Waals surface area (Å²) in [7, 11) is 0. The highest BCUT2D eigenvalue weighted by Gasteiger charge is 2.18. The predicted octanol–water partition coefficient (Wildman–Crippen LogP) is 4.78. The van der Waals surface area contributed by atoms with E-state index in [4.69, 9.17) is 9.41 Å². The molecule has 7 heteroatoms. The fourth-order valence-corrected chi connectivity index (χ4v) is 3.38. The molecule has 3 rings (SSSR count). The van der Waals surface area contributed by atoms with Gasteiger partial charge in [-0.15, -0.1) is 24.0 Å². The van der Waals surface area contributed by atoms with Crippen molar-refractivity contribution in [3.63, 3.8) is 0 Å². The Bertz CT molecular complexity index is 767. The molecule has 158 valence electrons. The van der Waals surface area contributed by atoms with Crippen molar-refractivity contribution in [3.8, 4) is 0 Å². The molecule has 1 aromatic heterocycles. The number of guanidine groups is 1. The van der Waals surface area contributed by atoms with Gasteiger partial charge >= 0.3 is 0 Å². The van der Waals surface area contributed by atoms with Crippen LogP contribution < -0.4 is 16.0 Å². The number of hydrogen-bond acceptors (Lipinski definition) is 3. The molecule has 2 aromatic rings. The van der Waals surface area contributed by atoms with Crippen molar-refractivity contribution in [2.75, 3.05) is 11.9 Å². The highest BCUT2D eigenvalue weighted by Crippen LogP contribution is 2.23. The van der Waals surface area contributed by atoms with Crippen molar-refractivity contribution >= 4 is 41.5 Å². The van der Waals surface area contributed by atoms with E-state index in [0.717, 1.165) is 29.7 Å². The minimum Gasteiger partial charge on any atom is -0.459 e. The number of nitrogens with one attached hydrogen (secondary N) is 3. The molecule has 1 heterocycles. The molecule has 3 N–H and O–H groups in total. The molecule has 1 aromatic carbocycles. The Morgan fingerprint density at radius 3 is 2.48 bits per heavy atom. The van der Waals surface area contributed by atoms with Crippen LogP contribution in [0.3, 0.4) is 0 Å². The van der Waals surface area contributed by atoms with Crippen molar-refractivity contribution in [3.05, 3.63) is 54.0 Å². The summed E-state index contributed by atoms with van der Waals surface area (Å²) in [6.07, 6.45) is 6.45. The third-order valence-corrected chi connectivity index (χ3v) is 5.08. The molecule has 1 aliphatic carbocycles. The van der Waals surface area contributed by atoms with E-state index in [1.165, 1.54) is 31.9 Å². The summed E-state index contributed by atoms with van der Waals surface area (Å²) in [6.45, 7) is 5.84. The fraction of sp³-hybridized carbons (Fsp3) is 0.455. The summed E-state index contributed by atoms with van der Waals surface area (Å²) < 4.78 is 5.10. The topological polar surface area (TPSA) is 78.7 Å². The van der Waals surface area contributed by atoms with Crippen LogP contribution in [0, 0.1) is 5.92 Å². The van der Waals surface area contributed by atoms with E-state index in [-0.39, 0.29) is 29.9 Å². The number of anilines is 1. The smallest absolute Gasteiger partial charge is 0.291 e. The van der Waals surface area contributed by atoms with Crippen molar-refractivity contribution < 1.29 is 9.21 Å². The number of aliphatic imine (C=N–C) groups is 1. The Kier molecular flexibility index (Phi) is 9.50. The van der Waals surface area contributed by atoms with Crippen molar-refractivity contribution in [2.24, 2.45) is 10.9 Å². The second-order valence-corrected chi connectivity index (χ2v) is 7.42. The van der Waals surface area contributed by atoms with Gasteiger partial charge in [-0.2, -0.15) is 0 Å². The van der Waals surface area contributed by atoms with Gasteiger partial charge in [-0.3, -0.25) is 4.79 Å². The number of hydrogen-bond donors (Lipinski definition) is 3. The van der Waals surface area contributed by atoms with Gasteiger partial charge in [-0.1, -0.05) is 19.1 Å². The lowest BCUT2D eigenvalue weighted by molar-refractivity contribution is 0.0996. The van der Waals surface area contributed by atoms with Gasteiger partial charge in [0.2, 0.25) is 0 Å². The van der Waals surface area contributed by atoms with Crippen LogP contribution in [0.1, 0.15) is 55.6 Å². The minimum absolute atomic E-state index is 0. The standard InChI is InChI=1S/C22H30N4O2.HI/c1-3-23-22(26-19-10-6-16(2)7-11-19)24-15-17-8-12-18(13-9-17)25-21(27)20-5-4-14-28-20;/h4-5,8-9,12-14,16,19H,3,6-7,10-11,15H2,1-2H3,(H,25,27)(H2,23,24,26);1H. The van der Waals surface area contributed by atoms with E-state index >= 15 is 0 Å². The highest BCUT2D eigenvalue weighted by atomic mass is 127. The lowest BCUT2D eigenvalue weighted by Gasteiger charge is -2.28. The molecule has 1 aliphatic rings. The van der Waals surface area contributed by atoms with Crippen LogP contribution in [0.2, 0.25) is 0 Å². The molecular weight excluding hydrogens is 479 g/mol. The first kappa shape index (κ1) is 23.3. The van der Waals surface area contributed by atoms with Crippen LogP contribution >= 0.6 is 24.0 Å². The van der Waals surface area contributed by atoms with Crippen LogP contribution in [0.25, 0.3) is 0 Å². The van der Waals surface area contributed by atoms with Gasteiger partial charge in [0, 0.05) is 18.3 Å². The van der Waals surface area contributed by atoms with Crippen LogP contribution in [-0.2, 0) is 6.54 Å². The van der Waals surface area contributed by atoms with Gasteiger partial charge in [0.25, 0.3) is 5.91 Å². The molecule has 0 radical (unpaired) electrons. The first-order valence-electron chi connectivity index (χ1n) is 10.1. The third kappa shape index (κ3) is 7.38. The number of rotatable bonds is 6. The summed E-state index contributed by atoms with van der Waals surface area (Å²) in [5.74, 6) is 1.75. The number of benzene rings is 1. The van der Waals surface area contributed by atoms with Gasteiger partial charge < -0.3 is 20.4 Å². The molecule has 0 atom stereocenters. The summed E-state index contributed by atoms with van der Waals surface area (Å²) in [5.41, 5.74) is 1.82. The zero-order valence-electron chi connectivity index (χ0n) is 17.1. The van der Waals surface area contributed by atoms with E-state index in [1.54, 1.807) is 12.1 Å². The zero-order valence-corrected chi connectivity index (χ0v) is 19.4. The monoisotopic (exact) mass is 510 g/mol. The average Bonchev–Trinajstić information content (AvgIpc) is 3.24. The first-order valence-corrected chi connectivity index (χ1v) is 10.1. The summed E-state index contributed by atoms with van der Waals surface area (Å²) in [4.78, 5) is 16.7. The molecule has 1 saturated carbocycles. The molecule has 0 spiro atoms. The van der Waals surface area contributed by atoms with E-state index < -0.39 is 0 Å². The van der Waals surface area contributed by atoms with E-state index in [2.05, 4.69) is 29.8 Å². The number of halogens is 1. The second-order valence-electron chi connectivity index (χ2n) is 7.42. The lowest BCUT2D eigenvalue weighted by atomic mass is 9.87. The van der Waals surface area contributed by atoms with Gasteiger partial charge in [-0.25, -0.2) is 4.99 Å². The van der Waals surface area contributed by atoms with Gasteiger partial charge in [0.15, 0.2) is 11.7 Å². The number of furan rings is 1. The largest absolute Gasteiger partial charge is 0.459 e. The predicted molar refractivity (Wildman–Crippen MR) is 128 cm³/mol. The SMILES string of the molecule is CCNC(=NCc1ccc(NC(=O)c2ccco2)cc1)NC1CCC(C)CC1.I. The van der Waals surface area contributed by atoms with Gasteiger partial charge in [-0.05, 0) is 68.4 Å². The molecule has 6 nitrogen and oxygen atoms in total. The Balaban J connectivity index is 0.00000300. The summed E-state index contributed by atoms with van der Waals surface area (Å²) in [5, 5.41) is 9.73. The summed E-state index contributed by atoms with van der Waals surface area (Å²) in [6, 6.07) is 11.6. The minimum atomic E-state index is -0.254. The number of nitrogens with zero attached hydrogens (tertiary/aromatic N) is 1. The maximum absolute atomic E-state index is 12.0. The molecular formula is C22H31IN4O2. The maximum Gasteiger partial charge on any atom is 0.291 e. The molecule has 0 unspecified atom stereocenters. The van der Waals surface area contributed by atoms with Gasteiger partial charge in [0.05, 0.1) is 12.8 Å². The van der Waals surface area contributed by atoms with Crippen LogP contribution in [-0.4, -0.2) is 24.5 Å². The van der Waals surface area contributed by atoms with Crippen LogP contribution in [0.5, 0.6) is 0 Å². The van der Waals surface area contributed by atoms with Crippen molar-refractivity contribution in [1.82, 2.24) is 10.6 Å². The molecule has 0 saturated heterocycles. The second kappa shape index (κ2) is 11.8. The van der Waals surface area contributed by atoms with Gasteiger partial charge in [0.1, 0.15) is 0 Å². The average molecular weight is 510 g/mol. The molecule has 0 bridgehead atoms. The normalized spacial score (nSPS) is 19.2. The third-order valence-electron chi connectivity index (χ3n) is 5.08. The molecule has 1 amide bonds. The van der Waals surface area contributed by atoms with Crippen LogP contribution in [0.15, 0.2) is 52.1 Å². The maximum atomic E-state index is 12.0. The molecule has 1 fully saturated rings. The van der Waals surface area contributed by atoms with Crippen molar-refractivity contribution in [1.29, 1.82) is 0 Å². The number of carbonyl (C=O) groups excluding carboxylic acids is 1. The highest BCUT2D eigenvalue weighted by molar-refractivity contribution is 14.0. The van der Waals surface area contributed by atoms with Crippen molar-refractivity contribution in [2.45, 2.75) is 52.1 Å². The van der Waals surface area contributed by atoms with E-state index in [9.17, 15) is 4.79 Å². The van der Waals surface area contributed by atoms with E-state index in [1.807, 2.05) is 24.3 Å². The quantitative estimate of drug-likeness (QED) is 0.297. The Morgan fingerprint density at radius 1 is 1.14 bits per heavy atom. The number of carbonyl (C=O) groups is 1. The first-order chi connectivity index (χ1) is 13.6. The Hall–Kier alpha value is -2.03.